The van der Waals surface area contributed by atoms with Crippen molar-refractivity contribution in [3.05, 3.63) is 29.1 Å². The Morgan fingerprint density at radius 2 is 2.20 bits per heavy atom. The van der Waals surface area contributed by atoms with Gasteiger partial charge in [0.15, 0.2) is 0 Å². The van der Waals surface area contributed by atoms with Gasteiger partial charge < -0.3 is 10.5 Å². The van der Waals surface area contributed by atoms with Crippen molar-refractivity contribution in [3.63, 3.8) is 0 Å². The fourth-order valence-corrected chi connectivity index (χ4v) is 4.43. The van der Waals surface area contributed by atoms with E-state index in [0.717, 1.165) is 36.8 Å². The van der Waals surface area contributed by atoms with Crippen LogP contribution in [0, 0.1) is 11.7 Å². The van der Waals surface area contributed by atoms with Crippen LogP contribution in [0.25, 0.3) is 0 Å². The Bertz CT molecular complexity index is 516. The highest BCUT2D eigenvalue weighted by molar-refractivity contribution is 5.45. The molecule has 110 valence electrons. The molecule has 2 bridgehead atoms. The van der Waals surface area contributed by atoms with E-state index in [1.165, 1.54) is 18.9 Å². The van der Waals surface area contributed by atoms with Crippen LogP contribution in [0.1, 0.15) is 50.2 Å². The van der Waals surface area contributed by atoms with Crippen molar-refractivity contribution in [1.82, 2.24) is 0 Å². The summed E-state index contributed by atoms with van der Waals surface area (Å²) in [4.78, 5) is 0. The molecular weight excluding hydrogens is 253 g/mol. The number of hydrogen-bond acceptors (Lipinski definition) is 2. The van der Waals surface area contributed by atoms with Gasteiger partial charge in [-0.2, -0.15) is 0 Å². The van der Waals surface area contributed by atoms with Crippen molar-refractivity contribution < 1.29 is 9.13 Å². The van der Waals surface area contributed by atoms with Gasteiger partial charge in [-0.05, 0) is 48.8 Å². The Hall–Kier alpha value is -1.09. The molecule has 0 heterocycles. The normalized spacial score (nSPS) is 32.4. The highest BCUT2D eigenvalue weighted by Gasteiger charge is 2.47. The van der Waals surface area contributed by atoms with E-state index in [1.807, 2.05) is 6.07 Å². The monoisotopic (exact) mass is 277 g/mol. The van der Waals surface area contributed by atoms with Crippen LogP contribution < -0.4 is 10.5 Å². The molecule has 3 rings (SSSR count). The van der Waals surface area contributed by atoms with Gasteiger partial charge in [-0.1, -0.05) is 19.8 Å². The lowest BCUT2D eigenvalue weighted by Gasteiger charge is -2.46. The topological polar surface area (TPSA) is 35.2 Å². The number of halogens is 1. The lowest BCUT2D eigenvalue weighted by molar-refractivity contribution is 0.223. The Morgan fingerprint density at radius 1 is 1.40 bits per heavy atom. The van der Waals surface area contributed by atoms with Crippen LogP contribution >= 0.6 is 0 Å². The van der Waals surface area contributed by atoms with E-state index >= 15 is 0 Å². The molecule has 3 atom stereocenters. The third kappa shape index (κ3) is 1.86. The summed E-state index contributed by atoms with van der Waals surface area (Å²) in [7, 11) is 1.60. The Kier molecular flexibility index (Phi) is 3.49. The Morgan fingerprint density at radius 3 is 2.90 bits per heavy atom. The van der Waals surface area contributed by atoms with Crippen LogP contribution in [0.15, 0.2) is 12.1 Å². The molecule has 3 heteroatoms. The number of fused-ring (bicyclic) bond motifs is 4. The van der Waals surface area contributed by atoms with Crippen LogP contribution in [0.3, 0.4) is 0 Å². The number of methoxy groups -OCH3 is 1. The molecule has 0 aliphatic heterocycles. The first-order valence-electron chi connectivity index (χ1n) is 7.75. The molecule has 0 spiro atoms. The second kappa shape index (κ2) is 5.03. The summed E-state index contributed by atoms with van der Waals surface area (Å²) in [6.45, 7) is 2.19. The quantitative estimate of drug-likeness (QED) is 0.897. The van der Waals surface area contributed by atoms with Gasteiger partial charge in [0, 0.05) is 17.5 Å². The van der Waals surface area contributed by atoms with E-state index < -0.39 is 0 Å². The Labute approximate surface area is 120 Å². The summed E-state index contributed by atoms with van der Waals surface area (Å²) in [5.41, 5.74) is 8.56. The van der Waals surface area contributed by atoms with Gasteiger partial charge in [-0.3, -0.25) is 0 Å². The molecule has 1 aromatic carbocycles. The average Bonchev–Trinajstić information content (AvgIpc) is 2.56. The summed E-state index contributed by atoms with van der Waals surface area (Å²) in [6, 6.07) is 3.70. The molecule has 2 N–H and O–H groups in total. The zero-order chi connectivity index (χ0) is 14.3. The largest absolute Gasteiger partial charge is 0.497 e. The molecule has 20 heavy (non-hydrogen) atoms. The highest BCUT2D eigenvalue weighted by atomic mass is 19.1. The minimum atomic E-state index is -0.115. The van der Waals surface area contributed by atoms with Crippen molar-refractivity contribution in [2.24, 2.45) is 11.7 Å². The molecule has 2 aliphatic carbocycles. The molecule has 0 radical (unpaired) electrons. The predicted octanol–water partition coefficient (Wildman–Crippen LogP) is 3.56. The van der Waals surface area contributed by atoms with Crippen molar-refractivity contribution in [3.8, 4) is 5.75 Å². The van der Waals surface area contributed by atoms with E-state index in [9.17, 15) is 4.39 Å². The second-order valence-electron chi connectivity index (χ2n) is 6.38. The summed E-state index contributed by atoms with van der Waals surface area (Å²) >= 11 is 0. The zero-order valence-corrected chi connectivity index (χ0v) is 12.4. The van der Waals surface area contributed by atoms with Crippen LogP contribution in [0.4, 0.5) is 4.39 Å². The molecule has 1 saturated carbocycles. The number of rotatable bonds is 2. The van der Waals surface area contributed by atoms with Gasteiger partial charge in [0.2, 0.25) is 0 Å². The van der Waals surface area contributed by atoms with Crippen LogP contribution in [-0.2, 0) is 11.8 Å². The maximum absolute atomic E-state index is 14.5. The molecule has 0 amide bonds. The fraction of sp³-hybridized carbons (Fsp3) is 0.647. The minimum Gasteiger partial charge on any atom is -0.497 e. The minimum absolute atomic E-state index is 0.0653. The number of nitrogens with two attached hydrogens (primary N) is 1. The van der Waals surface area contributed by atoms with Gasteiger partial charge in [-0.25, -0.2) is 4.39 Å². The smallest absolute Gasteiger partial charge is 0.130 e. The lowest BCUT2D eigenvalue weighted by atomic mass is 9.60. The van der Waals surface area contributed by atoms with Gasteiger partial charge in [0.25, 0.3) is 0 Å². The number of benzene rings is 1. The third-order valence-corrected chi connectivity index (χ3v) is 5.63. The van der Waals surface area contributed by atoms with E-state index in [4.69, 9.17) is 10.5 Å². The molecule has 3 unspecified atom stereocenters. The lowest BCUT2D eigenvalue weighted by Crippen LogP contribution is -2.52. The summed E-state index contributed by atoms with van der Waals surface area (Å²) in [5.74, 6) is 0.924. The van der Waals surface area contributed by atoms with Gasteiger partial charge in [0.05, 0.1) is 7.11 Å². The highest BCUT2D eigenvalue weighted by Crippen LogP contribution is 2.49. The Balaban J connectivity index is 2.22. The molecule has 1 aromatic rings. The molecule has 2 nitrogen and oxygen atoms in total. The summed E-state index contributed by atoms with van der Waals surface area (Å²) in [5, 5.41) is 0. The van der Waals surface area contributed by atoms with Crippen molar-refractivity contribution in [1.29, 1.82) is 0 Å². The van der Waals surface area contributed by atoms with Crippen LogP contribution in [0.2, 0.25) is 0 Å². The number of ether oxygens (including phenoxy) is 1. The zero-order valence-electron chi connectivity index (χ0n) is 12.4. The molecular formula is C17H24FNO. The van der Waals surface area contributed by atoms with E-state index in [1.54, 1.807) is 7.11 Å². The van der Waals surface area contributed by atoms with Crippen molar-refractivity contribution >= 4 is 0 Å². The average molecular weight is 277 g/mol. The van der Waals surface area contributed by atoms with Gasteiger partial charge in [-0.15, -0.1) is 0 Å². The standard InChI is InChI=1S/C17H24FNO/c1-3-17-7-5-4-6-11(16(17)19)8-13-14(17)9-12(20-2)10-15(13)18/h9-11,16H,3-8,19H2,1-2H3. The number of hydrogen-bond donors (Lipinski definition) is 1. The maximum atomic E-state index is 14.5. The first kappa shape index (κ1) is 13.9. The molecule has 0 saturated heterocycles. The molecule has 0 aromatic heterocycles. The maximum Gasteiger partial charge on any atom is 0.130 e. The summed E-state index contributed by atoms with van der Waals surface area (Å²) in [6.07, 6.45) is 6.37. The van der Waals surface area contributed by atoms with E-state index in [0.29, 0.717) is 11.7 Å². The van der Waals surface area contributed by atoms with E-state index in [2.05, 4.69) is 6.92 Å². The third-order valence-electron chi connectivity index (χ3n) is 5.63. The summed E-state index contributed by atoms with van der Waals surface area (Å²) < 4.78 is 19.7. The van der Waals surface area contributed by atoms with E-state index in [-0.39, 0.29) is 17.3 Å². The van der Waals surface area contributed by atoms with Crippen molar-refractivity contribution in [2.75, 3.05) is 7.11 Å². The molecule has 2 aliphatic rings. The molecule has 1 fully saturated rings. The fourth-order valence-electron chi connectivity index (χ4n) is 4.43. The van der Waals surface area contributed by atoms with Crippen LogP contribution in [-0.4, -0.2) is 13.2 Å². The van der Waals surface area contributed by atoms with Crippen LogP contribution in [0.5, 0.6) is 5.75 Å². The first-order valence-corrected chi connectivity index (χ1v) is 7.75. The van der Waals surface area contributed by atoms with Gasteiger partial charge >= 0.3 is 0 Å². The van der Waals surface area contributed by atoms with Crippen molar-refractivity contribution in [2.45, 2.75) is 56.9 Å². The second-order valence-corrected chi connectivity index (χ2v) is 6.38. The SMILES string of the molecule is CCC12CCCCC(Cc3c(F)cc(OC)cc31)C2N. The first-order chi connectivity index (χ1) is 9.62. The predicted molar refractivity (Wildman–Crippen MR) is 78.6 cm³/mol. The van der Waals surface area contributed by atoms with Gasteiger partial charge in [0.1, 0.15) is 11.6 Å².